The highest BCUT2D eigenvalue weighted by molar-refractivity contribution is 4.69. The summed E-state index contributed by atoms with van der Waals surface area (Å²) in [5.74, 6) is 0. The van der Waals surface area contributed by atoms with Crippen LogP contribution in [-0.2, 0) is 4.74 Å². The summed E-state index contributed by atoms with van der Waals surface area (Å²) in [7, 11) is 1.77. The van der Waals surface area contributed by atoms with Gasteiger partial charge in [0.1, 0.15) is 0 Å². The van der Waals surface area contributed by atoms with Crippen LogP contribution >= 0.6 is 0 Å². The van der Waals surface area contributed by atoms with Crippen molar-refractivity contribution >= 4 is 0 Å². The molecule has 0 amide bonds. The number of rotatable bonds is 4. The zero-order chi connectivity index (χ0) is 8.20. The maximum atomic E-state index is 5.19. The molecule has 0 aliphatic heterocycles. The monoisotopic (exact) mass is 144 g/mol. The van der Waals surface area contributed by atoms with Crippen LogP contribution in [0.25, 0.3) is 0 Å². The van der Waals surface area contributed by atoms with Crippen LogP contribution in [0, 0.1) is 5.41 Å². The summed E-state index contributed by atoms with van der Waals surface area (Å²) in [5, 5.41) is 0. The van der Waals surface area contributed by atoms with Crippen LogP contribution < -0.4 is 0 Å². The fourth-order valence-corrected chi connectivity index (χ4v) is 1.01. The van der Waals surface area contributed by atoms with E-state index in [-0.39, 0.29) is 0 Å². The van der Waals surface area contributed by atoms with Crippen molar-refractivity contribution < 1.29 is 4.74 Å². The molecular formula is C9H20O. The van der Waals surface area contributed by atoms with Gasteiger partial charge in [0, 0.05) is 7.11 Å². The Morgan fingerprint density at radius 2 is 1.90 bits per heavy atom. The molecule has 10 heavy (non-hydrogen) atoms. The summed E-state index contributed by atoms with van der Waals surface area (Å²) in [6, 6.07) is 0. The summed E-state index contributed by atoms with van der Waals surface area (Å²) in [6.45, 7) is 8.91. The SMILES string of the molecule is CCC(C)(C)CC(C)OC. The number of hydrogen-bond donors (Lipinski definition) is 0. The van der Waals surface area contributed by atoms with E-state index in [1.165, 1.54) is 6.42 Å². The molecule has 0 spiro atoms. The van der Waals surface area contributed by atoms with Crippen LogP contribution in [0.4, 0.5) is 0 Å². The Hall–Kier alpha value is -0.0400. The van der Waals surface area contributed by atoms with Gasteiger partial charge in [-0.1, -0.05) is 27.2 Å². The van der Waals surface area contributed by atoms with E-state index in [2.05, 4.69) is 27.7 Å². The number of ether oxygens (including phenoxy) is 1. The third-order valence-corrected chi connectivity index (χ3v) is 2.20. The smallest absolute Gasteiger partial charge is 0.0548 e. The van der Waals surface area contributed by atoms with Gasteiger partial charge in [0.15, 0.2) is 0 Å². The van der Waals surface area contributed by atoms with E-state index >= 15 is 0 Å². The average molecular weight is 144 g/mol. The van der Waals surface area contributed by atoms with Crippen LogP contribution in [0.3, 0.4) is 0 Å². The predicted octanol–water partition coefficient (Wildman–Crippen LogP) is 2.85. The van der Waals surface area contributed by atoms with Crippen molar-refractivity contribution in [3.8, 4) is 0 Å². The number of methoxy groups -OCH3 is 1. The Bertz CT molecular complexity index is 86.7. The lowest BCUT2D eigenvalue weighted by Crippen LogP contribution is -2.18. The standard InChI is InChI=1S/C9H20O/c1-6-9(3,4)7-8(2)10-5/h8H,6-7H2,1-5H3. The molecule has 1 heteroatoms. The maximum absolute atomic E-state index is 5.19. The Labute approximate surface area is 64.8 Å². The zero-order valence-corrected chi connectivity index (χ0v) is 7.90. The second kappa shape index (κ2) is 3.97. The first-order chi connectivity index (χ1) is 4.52. The van der Waals surface area contributed by atoms with Gasteiger partial charge in [0.2, 0.25) is 0 Å². The second-order valence-electron chi connectivity index (χ2n) is 3.77. The van der Waals surface area contributed by atoms with Crippen molar-refractivity contribution in [3.05, 3.63) is 0 Å². The molecule has 0 rings (SSSR count). The molecule has 0 fully saturated rings. The summed E-state index contributed by atoms with van der Waals surface area (Å²) in [5.41, 5.74) is 0.440. The molecule has 0 radical (unpaired) electrons. The maximum Gasteiger partial charge on any atom is 0.0548 e. The van der Waals surface area contributed by atoms with Crippen LogP contribution in [-0.4, -0.2) is 13.2 Å². The van der Waals surface area contributed by atoms with Crippen LogP contribution in [0.1, 0.15) is 40.5 Å². The van der Waals surface area contributed by atoms with Gasteiger partial charge in [0.25, 0.3) is 0 Å². The Kier molecular flexibility index (Phi) is 3.95. The fourth-order valence-electron chi connectivity index (χ4n) is 1.01. The Morgan fingerprint density at radius 1 is 1.40 bits per heavy atom. The first-order valence-corrected chi connectivity index (χ1v) is 4.04. The molecule has 0 aromatic carbocycles. The molecule has 0 aliphatic carbocycles. The number of hydrogen-bond acceptors (Lipinski definition) is 1. The van der Waals surface area contributed by atoms with Crippen molar-refractivity contribution in [2.45, 2.75) is 46.6 Å². The van der Waals surface area contributed by atoms with Crippen molar-refractivity contribution in [1.82, 2.24) is 0 Å². The lowest BCUT2D eigenvalue weighted by Gasteiger charge is -2.25. The zero-order valence-electron chi connectivity index (χ0n) is 7.90. The van der Waals surface area contributed by atoms with Gasteiger partial charge in [-0.3, -0.25) is 0 Å². The van der Waals surface area contributed by atoms with Crippen LogP contribution in [0.15, 0.2) is 0 Å². The Morgan fingerprint density at radius 3 is 2.20 bits per heavy atom. The minimum Gasteiger partial charge on any atom is -0.382 e. The average Bonchev–Trinajstić information content (AvgIpc) is 1.87. The van der Waals surface area contributed by atoms with E-state index in [1.54, 1.807) is 7.11 Å². The minimum atomic E-state index is 0.398. The summed E-state index contributed by atoms with van der Waals surface area (Å²) >= 11 is 0. The van der Waals surface area contributed by atoms with E-state index in [4.69, 9.17) is 4.74 Å². The molecule has 0 N–H and O–H groups in total. The van der Waals surface area contributed by atoms with Crippen molar-refractivity contribution in [1.29, 1.82) is 0 Å². The van der Waals surface area contributed by atoms with Gasteiger partial charge < -0.3 is 4.74 Å². The highest BCUT2D eigenvalue weighted by atomic mass is 16.5. The van der Waals surface area contributed by atoms with Gasteiger partial charge in [-0.25, -0.2) is 0 Å². The predicted molar refractivity (Wildman–Crippen MR) is 45.2 cm³/mol. The van der Waals surface area contributed by atoms with Gasteiger partial charge in [-0.15, -0.1) is 0 Å². The van der Waals surface area contributed by atoms with E-state index in [0.717, 1.165) is 6.42 Å². The highest BCUT2D eigenvalue weighted by Crippen LogP contribution is 2.26. The molecular weight excluding hydrogens is 124 g/mol. The quantitative estimate of drug-likeness (QED) is 0.589. The van der Waals surface area contributed by atoms with Crippen molar-refractivity contribution in [3.63, 3.8) is 0 Å². The van der Waals surface area contributed by atoms with Crippen molar-refractivity contribution in [2.75, 3.05) is 7.11 Å². The van der Waals surface area contributed by atoms with Gasteiger partial charge in [-0.2, -0.15) is 0 Å². The molecule has 0 saturated heterocycles. The second-order valence-corrected chi connectivity index (χ2v) is 3.77. The molecule has 1 nitrogen and oxygen atoms in total. The summed E-state index contributed by atoms with van der Waals surface area (Å²) in [4.78, 5) is 0. The first-order valence-electron chi connectivity index (χ1n) is 4.04. The largest absolute Gasteiger partial charge is 0.382 e. The third kappa shape index (κ3) is 3.89. The van der Waals surface area contributed by atoms with Crippen molar-refractivity contribution in [2.24, 2.45) is 5.41 Å². The van der Waals surface area contributed by atoms with Gasteiger partial charge >= 0.3 is 0 Å². The lowest BCUT2D eigenvalue weighted by molar-refractivity contribution is 0.0742. The Balaban J connectivity index is 3.64. The molecule has 1 unspecified atom stereocenters. The van der Waals surface area contributed by atoms with E-state index in [0.29, 0.717) is 11.5 Å². The molecule has 0 aromatic rings. The molecule has 62 valence electrons. The van der Waals surface area contributed by atoms with Crippen LogP contribution in [0.5, 0.6) is 0 Å². The van der Waals surface area contributed by atoms with E-state index in [1.807, 2.05) is 0 Å². The molecule has 1 atom stereocenters. The molecule has 0 saturated carbocycles. The summed E-state index contributed by atoms with van der Waals surface area (Å²) < 4.78 is 5.19. The highest BCUT2D eigenvalue weighted by Gasteiger charge is 2.17. The van der Waals surface area contributed by atoms with Gasteiger partial charge in [0.05, 0.1) is 6.10 Å². The topological polar surface area (TPSA) is 9.23 Å². The van der Waals surface area contributed by atoms with E-state index in [9.17, 15) is 0 Å². The van der Waals surface area contributed by atoms with Crippen LogP contribution in [0.2, 0.25) is 0 Å². The molecule has 0 aromatic heterocycles. The lowest BCUT2D eigenvalue weighted by atomic mass is 9.84. The normalized spacial score (nSPS) is 15.3. The summed E-state index contributed by atoms with van der Waals surface area (Å²) in [6.07, 6.45) is 2.77. The molecule has 0 bridgehead atoms. The fraction of sp³-hybridized carbons (Fsp3) is 1.00. The molecule has 0 aliphatic rings. The first kappa shape index (κ1) is 9.96. The molecule has 0 heterocycles. The van der Waals surface area contributed by atoms with Gasteiger partial charge in [-0.05, 0) is 18.8 Å². The minimum absolute atomic E-state index is 0.398. The third-order valence-electron chi connectivity index (χ3n) is 2.20. The van der Waals surface area contributed by atoms with E-state index < -0.39 is 0 Å².